The summed E-state index contributed by atoms with van der Waals surface area (Å²) in [6, 6.07) is 10.0. The molecule has 0 unspecified atom stereocenters. The lowest BCUT2D eigenvalue weighted by atomic mass is 10.2. The lowest BCUT2D eigenvalue weighted by molar-refractivity contribution is 0.222. The van der Waals surface area contributed by atoms with Crippen molar-refractivity contribution in [3.63, 3.8) is 0 Å². The molecule has 8 heteroatoms. The Morgan fingerprint density at radius 1 is 1.08 bits per heavy atom. The highest BCUT2D eigenvalue weighted by Gasteiger charge is 2.22. The predicted molar refractivity (Wildman–Crippen MR) is 98.2 cm³/mol. The molecule has 1 heterocycles. The third kappa shape index (κ3) is 3.96. The largest absolute Gasteiger partial charge is 0.325 e. The number of hydrogen-bond acceptors (Lipinski definition) is 3. The molecular weight excluding hydrogens is 357 g/mol. The zero-order chi connectivity index (χ0) is 18.7. The number of carbonyl (C=O) groups excluding carboxylic acids is 1. The van der Waals surface area contributed by atoms with Crippen LogP contribution < -0.4 is 10.0 Å². The van der Waals surface area contributed by atoms with Gasteiger partial charge in [0.05, 0.1) is 11.4 Å². The molecule has 0 bridgehead atoms. The van der Waals surface area contributed by atoms with E-state index in [-0.39, 0.29) is 11.7 Å². The van der Waals surface area contributed by atoms with E-state index in [0.717, 1.165) is 18.9 Å². The molecule has 0 aromatic heterocycles. The second-order valence-corrected chi connectivity index (χ2v) is 7.86. The summed E-state index contributed by atoms with van der Waals surface area (Å²) < 4.78 is 41.5. The van der Waals surface area contributed by atoms with Gasteiger partial charge in [-0.2, -0.15) is 0 Å². The molecule has 1 aliphatic heterocycles. The van der Waals surface area contributed by atoms with Crippen molar-refractivity contribution in [1.82, 2.24) is 4.90 Å². The molecule has 2 amide bonds. The van der Waals surface area contributed by atoms with E-state index in [0.29, 0.717) is 24.3 Å². The molecule has 1 saturated heterocycles. The number of hydrogen-bond donors (Lipinski definition) is 2. The number of amides is 2. The van der Waals surface area contributed by atoms with Crippen molar-refractivity contribution in [3.05, 3.63) is 53.8 Å². The van der Waals surface area contributed by atoms with Gasteiger partial charge in [0.1, 0.15) is 10.7 Å². The SMILES string of the molecule is Cc1ccc(F)c(S(=O)(=O)Nc2ccccc2NC(=O)N2CCCC2)c1. The Kier molecular flexibility index (Phi) is 5.13. The highest BCUT2D eigenvalue weighted by molar-refractivity contribution is 7.92. The zero-order valence-corrected chi connectivity index (χ0v) is 15.1. The normalized spacial score (nSPS) is 14.3. The fourth-order valence-electron chi connectivity index (χ4n) is 2.81. The van der Waals surface area contributed by atoms with E-state index in [2.05, 4.69) is 10.0 Å². The van der Waals surface area contributed by atoms with Crippen molar-refractivity contribution in [2.75, 3.05) is 23.1 Å². The maximum Gasteiger partial charge on any atom is 0.321 e. The fourth-order valence-corrected chi connectivity index (χ4v) is 4.06. The lowest BCUT2D eigenvalue weighted by Crippen LogP contribution is -2.32. The molecule has 2 aromatic carbocycles. The molecule has 0 saturated carbocycles. The van der Waals surface area contributed by atoms with E-state index in [1.807, 2.05) is 0 Å². The third-order valence-corrected chi connectivity index (χ3v) is 5.56. The number of likely N-dealkylation sites (tertiary alicyclic amines) is 1. The maximum absolute atomic E-state index is 14.0. The number of rotatable bonds is 4. The van der Waals surface area contributed by atoms with Gasteiger partial charge < -0.3 is 10.2 Å². The molecule has 2 N–H and O–H groups in total. The minimum absolute atomic E-state index is 0.181. The molecule has 1 aliphatic rings. The van der Waals surface area contributed by atoms with Gasteiger partial charge in [0.25, 0.3) is 10.0 Å². The number of aryl methyl sites for hydroxylation is 1. The Hall–Kier alpha value is -2.61. The summed E-state index contributed by atoms with van der Waals surface area (Å²) in [6.45, 7) is 3.03. The van der Waals surface area contributed by atoms with Crippen molar-refractivity contribution in [2.24, 2.45) is 0 Å². The third-order valence-electron chi connectivity index (χ3n) is 4.18. The van der Waals surface area contributed by atoms with Crippen LogP contribution in [0.5, 0.6) is 0 Å². The zero-order valence-electron chi connectivity index (χ0n) is 14.3. The molecular formula is C18H20FN3O3S. The van der Waals surface area contributed by atoms with Crippen molar-refractivity contribution < 1.29 is 17.6 Å². The predicted octanol–water partition coefficient (Wildman–Crippen LogP) is 3.56. The van der Waals surface area contributed by atoms with E-state index < -0.39 is 20.7 Å². The molecule has 138 valence electrons. The van der Waals surface area contributed by atoms with Gasteiger partial charge >= 0.3 is 6.03 Å². The van der Waals surface area contributed by atoms with Crippen molar-refractivity contribution in [3.8, 4) is 0 Å². The fraction of sp³-hybridized carbons (Fsp3) is 0.278. The summed E-state index contributed by atoms with van der Waals surface area (Å²) in [5.41, 5.74) is 1.13. The maximum atomic E-state index is 14.0. The average Bonchev–Trinajstić information content (AvgIpc) is 3.13. The van der Waals surface area contributed by atoms with E-state index >= 15 is 0 Å². The van der Waals surface area contributed by atoms with Crippen LogP contribution in [0.3, 0.4) is 0 Å². The van der Waals surface area contributed by atoms with Gasteiger partial charge in [-0.3, -0.25) is 4.72 Å². The Balaban J connectivity index is 1.85. The summed E-state index contributed by atoms with van der Waals surface area (Å²) in [5.74, 6) is -0.832. The summed E-state index contributed by atoms with van der Waals surface area (Å²) in [4.78, 5) is 13.5. The average molecular weight is 377 g/mol. The number of carbonyl (C=O) groups is 1. The highest BCUT2D eigenvalue weighted by atomic mass is 32.2. The Labute approximate surface area is 152 Å². The number of benzene rings is 2. The van der Waals surface area contributed by atoms with Gasteiger partial charge in [0.2, 0.25) is 0 Å². The molecule has 1 fully saturated rings. The van der Waals surface area contributed by atoms with E-state index in [9.17, 15) is 17.6 Å². The number of nitrogens with one attached hydrogen (secondary N) is 2. The van der Waals surface area contributed by atoms with E-state index in [1.165, 1.54) is 18.2 Å². The van der Waals surface area contributed by atoms with Crippen molar-refractivity contribution in [1.29, 1.82) is 0 Å². The first-order valence-electron chi connectivity index (χ1n) is 8.31. The van der Waals surface area contributed by atoms with Gasteiger partial charge in [0.15, 0.2) is 0 Å². The monoisotopic (exact) mass is 377 g/mol. The summed E-state index contributed by atoms with van der Waals surface area (Å²) in [5, 5.41) is 2.72. The minimum atomic E-state index is -4.13. The topological polar surface area (TPSA) is 78.5 Å². The number of halogens is 1. The molecule has 6 nitrogen and oxygen atoms in total. The molecule has 2 aromatic rings. The van der Waals surface area contributed by atoms with Crippen molar-refractivity contribution >= 4 is 27.4 Å². The summed E-state index contributed by atoms with van der Waals surface area (Å²) >= 11 is 0. The standard InChI is InChI=1S/C18H20FN3O3S/c1-13-8-9-14(19)17(12-13)26(24,25)21-16-7-3-2-6-15(16)20-18(23)22-10-4-5-11-22/h2-3,6-9,12,21H,4-5,10-11H2,1H3,(H,20,23). The number of anilines is 2. The van der Waals surface area contributed by atoms with Crippen LogP contribution in [-0.4, -0.2) is 32.4 Å². The van der Waals surface area contributed by atoms with Gasteiger partial charge in [0, 0.05) is 13.1 Å². The number of urea groups is 1. The molecule has 3 rings (SSSR count). The quantitative estimate of drug-likeness (QED) is 0.855. The van der Waals surface area contributed by atoms with Gasteiger partial charge in [-0.15, -0.1) is 0 Å². The first kappa shape index (κ1) is 18.2. The van der Waals surface area contributed by atoms with Crippen molar-refractivity contribution in [2.45, 2.75) is 24.7 Å². The van der Waals surface area contributed by atoms with E-state index in [1.54, 1.807) is 30.0 Å². The van der Waals surface area contributed by atoms with Crippen LogP contribution in [0.4, 0.5) is 20.6 Å². The summed E-state index contributed by atoms with van der Waals surface area (Å²) in [7, 11) is -4.13. The second-order valence-electron chi connectivity index (χ2n) is 6.21. The number of nitrogens with zero attached hydrogens (tertiary/aromatic N) is 1. The Morgan fingerprint density at radius 2 is 1.73 bits per heavy atom. The van der Waals surface area contributed by atoms with Crippen LogP contribution in [0.25, 0.3) is 0 Å². The smallest absolute Gasteiger partial charge is 0.321 e. The molecule has 0 radical (unpaired) electrons. The van der Waals surface area contributed by atoms with Crippen LogP contribution in [0.15, 0.2) is 47.4 Å². The van der Waals surface area contributed by atoms with Gasteiger partial charge in [-0.25, -0.2) is 17.6 Å². The first-order valence-corrected chi connectivity index (χ1v) is 9.79. The Morgan fingerprint density at radius 3 is 2.42 bits per heavy atom. The summed E-state index contributed by atoms with van der Waals surface area (Å²) in [6.07, 6.45) is 1.91. The number of sulfonamides is 1. The molecule has 26 heavy (non-hydrogen) atoms. The van der Waals surface area contributed by atoms with Crippen LogP contribution in [0, 0.1) is 12.7 Å². The van der Waals surface area contributed by atoms with Gasteiger partial charge in [-0.1, -0.05) is 18.2 Å². The minimum Gasteiger partial charge on any atom is -0.325 e. The first-order chi connectivity index (χ1) is 12.4. The highest BCUT2D eigenvalue weighted by Crippen LogP contribution is 2.26. The van der Waals surface area contributed by atoms with Crippen LogP contribution in [0.2, 0.25) is 0 Å². The van der Waals surface area contributed by atoms with Crippen LogP contribution in [0.1, 0.15) is 18.4 Å². The van der Waals surface area contributed by atoms with Crippen LogP contribution in [-0.2, 0) is 10.0 Å². The van der Waals surface area contributed by atoms with Gasteiger partial charge in [-0.05, 0) is 49.6 Å². The van der Waals surface area contributed by atoms with E-state index in [4.69, 9.17) is 0 Å². The molecule has 0 atom stereocenters. The second kappa shape index (κ2) is 7.33. The molecule has 0 aliphatic carbocycles. The lowest BCUT2D eigenvalue weighted by Gasteiger charge is -2.18. The Bertz CT molecular complexity index is 925. The van der Waals surface area contributed by atoms with Crippen LogP contribution >= 0.6 is 0 Å². The molecule has 0 spiro atoms. The number of para-hydroxylation sites is 2.